The summed E-state index contributed by atoms with van der Waals surface area (Å²) in [5, 5.41) is 3.93. The predicted molar refractivity (Wildman–Crippen MR) is 115 cm³/mol. The van der Waals surface area contributed by atoms with Crippen molar-refractivity contribution in [3.8, 4) is 0 Å². The molecule has 0 unspecified atom stereocenters. The fourth-order valence-corrected chi connectivity index (χ4v) is 3.81. The SMILES string of the molecule is Cc1cc2nc(SCC(=O)Nc3cccc(Cl)c3)n(CCC(C)C)c(=O)c2[nH]1. The van der Waals surface area contributed by atoms with Crippen molar-refractivity contribution < 1.29 is 4.79 Å². The summed E-state index contributed by atoms with van der Waals surface area (Å²) in [6.45, 7) is 6.68. The van der Waals surface area contributed by atoms with Crippen LogP contribution in [0.3, 0.4) is 0 Å². The number of carbonyl (C=O) groups is 1. The average Bonchev–Trinajstić information content (AvgIpc) is 3.00. The Morgan fingerprint density at radius 1 is 1.36 bits per heavy atom. The topological polar surface area (TPSA) is 79.8 Å². The maximum atomic E-state index is 12.9. The number of aryl methyl sites for hydroxylation is 1. The van der Waals surface area contributed by atoms with E-state index in [-0.39, 0.29) is 17.2 Å². The monoisotopic (exact) mass is 418 g/mol. The summed E-state index contributed by atoms with van der Waals surface area (Å²) in [6.07, 6.45) is 0.856. The zero-order chi connectivity index (χ0) is 20.3. The number of nitrogens with one attached hydrogen (secondary N) is 2. The van der Waals surface area contributed by atoms with Crippen LogP contribution in [0.15, 0.2) is 40.3 Å². The van der Waals surface area contributed by atoms with Gasteiger partial charge < -0.3 is 10.3 Å². The Hall–Kier alpha value is -2.25. The standard InChI is InChI=1S/C20H23ClN4O2S/c1-12(2)7-8-25-19(27)18-16(9-13(3)22-18)24-20(25)28-11-17(26)23-15-6-4-5-14(21)10-15/h4-6,9-10,12,22H,7-8,11H2,1-3H3,(H,23,26). The molecule has 2 N–H and O–H groups in total. The number of hydrogen-bond acceptors (Lipinski definition) is 4. The number of hydrogen-bond donors (Lipinski definition) is 2. The number of benzene rings is 1. The molecule has 0 aliphatic carbocycles. The van der Waals surface area contributed by atoms with Crippen LogP contribution in [0.5, 0.6) is 0 Å². The first-order valence-electron chi connectivity index (χ1n) is 9.12. The zero-order valence-electron chi connectivity index (χ0n) is 16.1. The number of nitrogens with zero attached hydrogens (tertiary/aromatic N) is 2. The van der Waals surface area contributed by atoms with E-state index < -0.39 is 0 Å². The molecule has 0 spiro atoms. The first-order chi connectivity index (χ1) is 13.3. The van der Waals surface area contributed by atoms with Crippen molar-refractivity contribution in [3.05, 3.63) is 51.4 Å². The van der Waals surface area contributed by atoms with E-state index in [1.807, 2.05) is 13.0 Å². The van der Waals surface area contributed by atoms with Crippen LogP contribution in [0.1, 0.15) is 26.0 Å². The maximum Gasteiger partial charge on any atom is 0.278 e. The minimum atomic E-state index is -0.178. The van der Waals surface area contributed by atoms with E-state index in [1.165, 1.54) is 11.8 Å². The highest BCUT2D eigenvalue weighted by atomic mass is 35.5. The minimum Gasteiger partial charge on any atom is -0.353 e. The van der Waals surface area contributed by atoms with Crippen LogP contribution in [-0.2, 0) is 11.3 Å². The second-order valence-electron chi connectivity index (χ2n) is 7.09. The molecule has 2 heterocycles. The number of aromatic nitrogens is 3. The van der Waals surface area contributed by atoms with Gasteiger partial charge in [0.2, 0.25) is 5.91 Å². The Bertz CT molecular complexity index is 1060. The van der Waals surface area contributed by atoms with E-state index >= 15 is 0 Å². The molecular formula is C20H23ClN4O2S. The fraction of sp³-hybridized carbons (Fsp3) is 0.350. The van der Waals surface area contributed by atoms with Crippen molar-refractivity contribution in [1.29, 1.82) is 0 Å². The van der Waals surface area contributed by atoms with E-state index in [0.29, 0.717) is 39.4 Å². The quantitative estimate of drug-likeness (QED) is 0.438. The van der Waals surface area contributed by atoms with Crippen molar-refractivity contribution in [2.75, 3.05) is 11.1 Å². The molecule has 8 heteroatoms. The second-order valence-corrected chi connectivity index (χ2v) is 8.47. The molecule has 6 nitrogen and oxygen atoms in total. The number of rotatable bonds is 7. The van der Waals surface area contributed by atoms with Gasteiger partial charge in [0.05, 0.1) is 11.3 Å². The first-order valence-corrected chi connectivity index (χ1v) is 10.5. The largest absolute Gasteiger partial charge is 0.353 e. The summed E-state index contributed by atoms with van der Waals surface area (Å²) in [5.74, 6) is 0.425. The van der Waals surface area contributed by atoms with Crippen LogP contribution in [0.25, 0.3) is 11.0 Å². The molecule has 3 aromatic rings. The summed E-state index contributed by atoms with van der Waals surface area (Å²) >= 11 is 7.21. The molecule has 1 amide bonds. The van der Waals surface area contributed by atoms with Gasteiger partial charge in [0.25, 0.3) is 5.56 Å². The van der Waals surface area contributed by atoms with Crippen LogP contribution < -0.4 is 10.9 Å². The van der Waals surface area contributed by atoms with Crippen LogP contribution in [-0.4, -0.2) is 26.2 Å². The Morgan fingerprint density at radius 2 is 2.14 bits per heavy atom. The third-order valence-electron chi connectivity index (χ3n) is 4.21. The van der Waals surface area contributed by atoms with Crippen molar-refractivity contribution in [2.24, 2.45) is 5.92 Å². The van der Waals surface area contributed by atoms with Crippen LogP contribution >= 0.6 is 23.4 Å². The lowest BCUT2D eigenvalue weighted by Gasteiger charge is -2.13. The van der Waals surface area contributed by atoms with Gasteiger partial charge in [0, 0.05) is 22.9 Å². The van der Waals surface area contributed by atoms with Gasteiger partial charge >= 0.3 is 0 Å². The highest BCUT2D eigenvalue weighted by Crippen LogP contribution is 2.20. The fourth-order valence-electron chi connectivity index (χ4n) is 2.80. The molecular weight excluding hydrogens is 396 g/mol. The smallest absolute Gasteiger partial charge is 0.278 e. The van der Waals surface area contributed by atoms with Gasteiger partial charge in [-0.25, -0.2) is 4.98 Å². The summed E-state index contributed by atoms with van der Waals surface area (Å²) in [4.78, 5) is 33.0. The van der Waals surface area contributed by atoms with Crippen LogP contribution in [0.4, 0.5) is 5.69 Å². The van der Waals surface area contributed by atoms with E-state index in [2.05, 4.69) is 29.1 Å². The van der Waals surface area contributed by atoms with Crippen molar-refractivity contribution in [3.63, 3.8) is 0 Å². The van der Waals surface area contributed by atoms with Crippen LogP contribution in [0, 0.1) is 12.8 Å². The lowest BCUT2D eigenvalue weighted by molar-refractivity contribution is -0.113. The number of carbonyl (C=O) groups excluding carboxylic acids is 1. The number of amides is 1. The molecule has 0 aliphatic heterocycles. The molecule has 0 bridgehead atoms. The summed E-state index contributed by atoms with van der Waals surface area (Å²) in [7, 11) is 0. The first kappa shape index (κ1) is 20.5. The van der Waals surface area contributed by atoms with Gasteiger partial charge in [0.15, 0.2) is 5.16 Å². The highest BCUT2D eigenvalue weighted by molar-refractivity contribution is 7.99. The van der Waals surface area contributed by atoms with Gasteiger partial charge in [-0.3, -0.25) is 14.2 Å². The second kappa shape index (κ2) is 8.84. The van der Waals surface area contributed by atoms with Gasteiger partial charge in [-0.15, -0.1) is 0 Å². The molecule has 1 aromatic carbocycles. The molecule has 0 aliphatic rings. The summed E-state index contributed by atoms with van der Waals surface area (Å²) in [6, 6.07) is 8.84. The number of fused-ring (bicyclic) bond motifs is 1. The maximum absolute atomic E-state index is 12.9. The normalized spacial score (nSPS) is 11.3. The van der Waals surface area contributed by atoms with Crippen LogP contribution in [0.2, 0.25) is 5.02 Å². The average molecular weight is 419 g/mol. The lowest BCUT2D eigenvalue weighted by Crippen LogP contribution is -2.25. The van der Waals surface area contributed by atoms with E-state index in [1.54, 1.807) is 28.8 Å². The van der Waals surface area contributed by atoms with Gasteiger partial charge in [0.1, 0.15) is 5.52 Å². The Morgan fingerprint density at radius 3 is 2.86 bits per heavy atom. The Kier molecular flexibility index (Phi) is 6.46. The third-order valence-corrected chi connectivity index (χ3v) is 5.42. The lowest BCUT2D eigenvalue weighted by atomic mass is 10.1. The Balaban J connectivity index is 1.81. The number of H-pyrrole nitrogens is 1. The summed E-state index contributed by atoms with van der Waals surface area (Å²) in [5.41, 5.74) is 2.56. The molecule has 0 radical (unpaired) electrons. The molecule has 0 fully saturated rings. The van der Waals surface area contributed by atoms with Crippen molar-refractivity contribution in [1.82, 2.24) is 14.5 Å². The number of thioether (sulfide) groups is 1. The summed E-state index contributed by atoms with van der Waals surface area (Å²) < 4.78 is 1.66. The molecule has 0 atom stereocenters. The predicted octanol–water partition coefficient (Wildman–Crippen LogP) is 4.46. The number of anilines is 1. The number of aromatic amines is 1. The molecule has 2 aromatic heterocycles. The van der Waals surface area contributed by atoms with Gasteiger partial charge in [-0.1, -0.05) is 43.3 Å². The van der Waals surface area contributed by atoms with E-state index in [4.69, 9.17) is 11.6 Å². The zero-order valence-corrected chi connectivity index (χ0v) is 17.7. The van der Waals surface area contributed by atoms with Gasteiger partial charge in [-0.2, -0.15) is 0 Å². The van der Waals surface area contributed by atoms with Gasteiger partial charge in [-0.05, 0) is 43.5 Å². The highest BCUT2D eigenvalue weighted by Gasteiger charge is 2.15. The Labute approximate surface area is 172 Å². The molecule has 3 rings (SSSR count). The van der Waals surface area contributed by atoms with Crippen molar-refractivity contribution in [2.45, 2.75) is 38.9 Å². The van der Waals surface area contributed by atoms with E-state index in [0.717, 1.165) is 12.1 Å². The third kappa shape index (κ3) is 4.97. The van der Waals surface area contributed by atoms with E-state index in [9.17, 15) is 9.59 Å². The minimum absolute atomic E-state index is 0.100. The number of halogens is 1. The molecule has 0 saturated heterocycles. The van der Waals surface area contributed by atoms with Crippen molar-refractivity contribution >= 4 is 46.0 Å². The molecule has 0 saturated carbocycles. The molecule has 28 heavy (non-hydrogen) atoms. The molecule has 148 valence electrons.